The second-order valence-electron chi connectivity index (χ2n) is 2.84. The largest absolute Gasteiger partial charge is 0.246 e. The molecular formula is C10H11NS2. The van der Waals surface area contributed by atoms with Gasteiger partial charge in [-0.3, -0.25) is 0 Å². The molecule has 0 fully saturated rings. The van der Waals surface area contributed by atoms with E-state index in [0.29, 0.717) is 0 Å². The molecule has 2 heterocycles. The maximum Gasteiger partial charge on any atom is 0.0980 e. The molecule has 13 heavy (non-hydrogen) atoms. The van der Waals surface area contributed by atoms with E-state index in [4.69, 9.17) is 0 Å². The Balaban J connectivity index is 2.10. The van der Waals surface area contributed by atoms with Crippen molar-refractivity contribution in [3.05, 3.63) is 38.5 Å². The maximum atomic E-state index is 4.53. The van der Waals surface area contributed by atoms with Gasteiger partial charge in [-0.05, 0) is 17.9 Å². The van der Waals surface area contributed by atoms with Crippen LogP contribution in [-0.2, 0) is 12.8 Å². The van der Waals surface area contributed by atoms with Crippen LogP contribution in [0.1, 0.15) is 22.5 Å². The van der Waals surface area contributed by atoms with Gasteiger partial charge in [-0.2, -0.15) is 0 Å². The lowest BCUT2D eigenvalue weighted by atomic mass is 10.3. The fourth-order valence-electron chi connectivity index (χ4n) is 1.15. The summed E-state index contributed by atoms with van der Waals surface area (Å²) in [4.78, 5) is 5.93. The Morgan fingerprint density at radius 3 is 2.92 bits per heavy atom. The van der Waals surface area contributed by atoms with Gasteiger partial charge in [-0.15, -0.1) is 22.7 Å². The van der Waals surface area contributed by atoms with E-state index in [9.17, 15) is 0 Å². The van der Waals surface area contributed by atoms with Gasteiger partial charge in [-0.25, -0.2) is 4.98 Å². The van der Waals surface area contributed by atoms with Gasteiger partial charge >= 0.3 is 0 Å². The quantitative estimate of drug-likeness (QED) is 0.755. The van der Waals surface area contributed by atoms with Gasteiger partial charge in [0, 0.05) is 16.7 Å². The molecule has 3 heteroatoms. The fraction of sp³-hybridized carbons (Fsp3) is 0.300. The van der Waals surface area contributed by atoms with Crippen LogP contribution < -0.4 is 0 Å². The number of thiophene rings is 1. The van der Waals surface area contributed by atoms with Gasteiger partial charge in [0.05, 0.1) is 10.7 Å². The first-order chi connectivity index (χ1) is 6.38. The number of aryl methyl sites for hydroxylation is 1. The SMILES string of the molecule is CCc1csc(Cc2cccs2)n1. The summed E-state index contributed by atoms with van der Waals surface area (Å²) in [5.41, 5.74) is 1.22. The lowest BCUT2D eigenvalue weighted by Crippen LogP contribution is -1.84. The minimum atomic E-state index is 1.00. The third kappa shape index (κ3) is 2.17. The van der Waals surface area contributed by atoms with Crippen LogP contribution in [-0.4, -0.2) is 4.98 Å². The summed E-state index contributed by atoms with van der Waals surface area (Å²) >= 11 is 3.57. The summed E-state index contributed by atoms with van der Waals surface area (Å²) in [6.45, 7) is 2.14. The first kappa shape index (κ1) is 8.91. The van der Waals surface area contributed by atoms with E-state index in [-0.39, 0.29) is 0 Å². The van der Waals surface area contributed by atoms with Crippen LogP contribution in [0.3, 0.4) is 0 Å². The third-order valence-electron chi connectivity index (χ3n) is 1.87. The zero-order valence-electron chi connectivity index (χ0n) is 7.49. The molecule has 0 atom stereocenters. The van der Waals surface area contributed by atoms with Crippen molar-refractivity contribution in [3.63, 3.8) is 0 Å². The van der Waals surface area contributed by atoms with Crippen molar-refractivity contribution >= 4 is 22.7 Å². The second kappa shape index (κ2) is 4.03. The summed E-state index contributed by atoms with van der Waals surface area (Å²) < 4.78 is 0. The van der Waals surface area contributed by atoms with E-state index >= 15 is 0 Å². The standard InChI is InChI=1S/C10H11NS2/c1-2-8-7-13-10(11-8)6-9-4-3-5-12-9/h3-5,7H,2,6H2,1H3. The van der Waals surface area contributed by atoms with Crippen LogP contribution in [0.5, 0.6) is 0 Å². The van der Waals surface area contributed by atoms with Crippen molar-refractivity contribution in [2.24, 2.45) is 0 Å². The number of thiazole rings is 1. The zero-order chi connectivity index (χ0) is 9.10. The molecule has 2 aromatic heterocycles. The summed E-state index contributed by atoms with van der Waals surface area (Å²) in [7, 11) is 0. The summed E-state index contributed by atoms with van der Waals surface area (Å²) in [5, 5.41) is 5.51. The van der Waals surface area contributed by atoms with E-state index in [1.165, 1.54) is 15.6 Å². The highest BCUT2D eigenvalue weighted by Crippen LogP contribution is 2.18. The van der Waals surface area contributed by atoms with Crippen LogP contribution in [0.2, 0.25) is 0 Å². The summed E-state index contributed by atoms with van der Waals surface area (Å²) in [5.74, 6) is 0. The van der Waals surface area contributed by atoms with Gasteiger partial charge < -0.3 is 0 Å². The lowest BCUT2D eigenvalue weighted by Gasteiger charge is -1.90. The van der Waals surface area contributed by atoms with Gasteiger partial charge in [-0.1, -0.05) is 13.0 Å². The monoisotopic (exact) mass is 209 g/mol. The molecule has 0 saturated carbocycles. The van der Waals surface area contributed by atoms with Crippen molar-refractivity contribution in [3.8, 4) is 0 Å². The first-order valence-electron chi connectivity index (χ1n) is 4.34. The number of hydrogen-bond donors (Lipinski definition) is 0. The van der Waals surface area contributed by atoms with Crippen molar-refractivity contribution in [2.45, 2.75) is 19.8 Å². The molecule has 0 amide bonds. The van der Waals surface area contributed by atoms with Crippen LogP contribution >= 0.6 is 22.7 Å². The lowest BCUT2D eigenvalue weighted by molar-refractivity contribution is 1.02. The first-order valence-corrected chi connectivity index (χ1v) is 6.10. The molecule has 0 bridgehead atoms. The van der Waals surface area contributed by atoms with E-state index in [0.717, 1.165) is 12.8 Å². The van der Waals surface area contributed by atoms with Crippen LogP contribution in [0.25, 0.3) is 0 Å². The molecule has 0 aliphatic carbocycles. The number of hydrogen-bond acceptors (Lipinski definition) is 3. The number of aromatic nitrogens is 1. The Labute approximate surface area is 86.1 Å². The molecular weight excluding hydrogens is 198 g/mol. The molecule has 0 spiro atoms. The third-order valence-corrected chi connectivity index (χ3v) is 3.64. The average molecular weight is 209 g/mol. The molecule has 1 nitrogen and oxygen atoms in total. The Kier molecular flexibility index (Phi) is 2.76. The molecule has 0 N–H and O–H groups in total. The normalized spacial score (nSPS) is 10.5. The number of nitrogens with zero attached hydrogens (tertiary/aromatic N) is 1. The minimum absolute atomic E-state index is 1.00. The van der Waals surface area contributed by atoms with Crippen LogP contribution in [0.4, 0.5) is 0 Å². The molecule has 2 rings (SSSR count). The number of rotatable bonds is 3. The molecule has 0 aromatic carbocycles. The van der Waals surface area contributed by atoms with Crippen molar-refractivity contribution in [1.29, 1.82) is 0 Å². The Morgan fingerprint density at radius 1 is 1.38 bits per heavy atom. The maximum absolute atomic E-state index is 4.53. The highest BCUT2D eigenvalue weighted by Gasteiger charge is 2.01. The van der Waals surface area contributed by atoms with Crippen LogP contribution in [0, 0.1) is 0 Å². The smallest absolute Gasteiger partial charge is 0.0980 e. The molecule has 0 aliphatic heterocycles. The minimum Gasteiger partial charge on any atom is -0.246 e. The Morgan fingerprint density at radius 2 is 2.31 bits per heavy atom. The van der Waals surface area contributed by atoms with Crippen molar-refractivity contribution < 1.29 is 0 Å². The van der Waals surface area contributed by atoms with Gasteiger partial charge in [0.25, 0.3) is 0 Å². The van der Waals surface area contributed by atoms with Gasteiger partial charge in [0.2, 0.25) is 0 Å². The van der Waals surface area contributed by atoms with Crippen molar-refractivity contribution in [1.82, 2.24) is 4.98 Å². The highest BCUT2D eigenvalue weighted by molar-refractivity contribution is 7.11. The van der Waals surface area contributed by atoms with Gasteiger partial charge in [0.1, 0.15) is 0 Å². The molecule has 0 radical (unpaired) electrons. The predicted molar refractivity (Wildman–Crippen MR) is 58.6 cm³/mol. The summed E-state index contributed by atoms with van der Waals surface area (Å²) in [6.07, 6.45) is 2.04. The molecule has 0 saturated heterocycles. The Hall–Kier alpha value is -0.670. The molecule has 2 aromatic rings. The zero-order valence-corrected chi connectivity index (χ0v) is 9.12. The molecule has 0 aliphatic rings. The highest BCUT2D eigenvalue weighted by atomic mass is 32.1. The van der Waals surface area contributed by atoms with E-state index in [1.54, 1.807) is 22.7 Å². The van der Waals surface area contributed by atoms with Gasteiger partial charge in [0.15, 0.2) is 0 Å². The fourth-order valence-corrected chi connectivity index (χ4v) is 2.86. The average Bonchev–Trinajstić information content (AvgIpc) is 2.76. The van der Waals surface area contributed by atoms with Crippen LogP contribution in [0.15, 0.2) is 22.9 Å². The van der Waals surface area contributed by atoms with E-state index in [1.807, 2.05) is 0 Å². The molecule has 68 valence electrons. The summed E-state index contributed by atoms with van der Waals surface area (Å²) in [6, 6.07) is 4.26. The second-order valence-corrected chi connectivity index (χ2v) is 4.82. The molecule has 0 unspecified atom stereocenters. The Bertz CT molecular complexity index is 362. The van der Waals surface area contributed by atoms with E-state index < -0.39 is 0 Å². The van der Waals surface area contributed by atoms with Crippen molar-refractivity contribution in [2.75, 3.05) is 0 Å². The van der Waals surface area contributed by atoms with E-state index in [2.05, 4.69) is 34.8 Å². The predicted octanol–water partition coefficient (Wildman–Crippen LogP) is 3.36. The topological polar surface area (TPSA) is 12.9 Å².